The second-order valence-corrected chi connectivity index (χ2v) is 7.51. The lowest BCUT2D eigenvalue weighted by Crippen LogP contribution is -2.48. The monoisotopic (exact) mass is 341 g/mol. The van der Waals surface area contributed by atoms with E-state index in [0.717, 1.165) is 18.2 Å². The van der Waals surface area contributed by atoms with E-state index in [-0.39, 0.29) is 28.9 Å². The molecule has 9 heteroatoms. The molecule has 0 unspecified atom stereocenters. The van der Waals surface area contributed by atoms with Gasteiger partial charge in [0.05, 0.1) is 4.90 Å². The van der Waals surface area contributed by atoms with E-state index >= 15 is 0 Å². The lowest BCUT2D eigenvalue weighted by atomic mass is 10.1. The van der Waals surface area contributed by atoms with E-state index in [2.05, 4.69) is 0 Å². The van der Waals surface area contributed by atoms with Gasteiger partial charge in [-0.3, -0.25) is 4.79 Å². The molecule has 4 nitrogen and oxygen atoms in total. The molecule has 1 saturated carbocycles. The topological polar surface area (TPSA) is 63.2 Å². The van der Waals surface area contributed by atoms with Crippen LogP contribution in [0.4, 0.5) is 13.2 Å². The molecule has 0 radical (unpaired) electrons. The molecule has 1 N–H and O–H groups in total. The summed E-state index contributed by atoms with van der Waals surface area (Å²) in [5.41, 5.74) is -1.95. The summed E-state index contributed by atoms with van der Waals surface area (Å²) in [6.45, 7) is 1.42. The minimum absolute atomic E-state index is 0.0189. The summed E-state index contributed by atoms with van der Waals surface area (Å²) in [4.78, 5) is 11.7. The molecule has 21 heavy (non-hydrogen) atoms. The van der Waals surface area contributed by atoms with E-state index in [9.17, 15) is 26.4 Å². The largest absolute Gasteiger partial charge is 0.411 e. The average Bonchev–Trinajstić information content (AvgIpc) is 3.07. The van der Waals surface area contributed by atoms with Crippen LogP contribution in [0.25, 0.3) is 0 Å². The first kappa shape index (κ1) is 16.1. The fourth-order valence-corrected chi connectivity index (χ4v) is 2.77. The second kappa shape index (κ2) is 4.88. The number of carbonyl (C=O) groups excluding carboxylic acids is 1. The molecule has 1 aromatic carbocycles. The van der Waals surface area contributed by atoms with Crippen molar-refractivity contribution < 1.29 is 26.4 Å². The predicted octanol–water partition coefficient (Wildman–Crippen LogP) is 2.75. The summed E-state index contributed by atoms with van der Waals surface area (Å²) in [5.74, 6) is -0.888. The molecule has 0 atom stereocenters. The molecular formula is C12H11ClF3NO3S. The maximum Gasteiger partial charge on any atom is 0.411 e. The molecule has 1 aliphatic carbocycles. The summed E-state index contributed by atoms with van der Waals surface area (Å²) in [7, 11) is 1.21. The number of carbonyl (C=O) groups is 1. The van der Waals surface area contributed by atoms with E-state index in [1.54, 1.807) is 0 Å². The number of hydrogen-bond acceptors (Lipinski definition) is 3. The van der Waals surface area contributed by atoms with Gasteiger partial charge in [-0.2, -0.15) is 13.2 Å². The first-order chi connectivity index (χ1) is 9.46. The number of aryl methyl sites for hydroxylation is 1. The summed E-state index contributed by atoms with van der Waals surface area (Å²) >= 11 is 0. The van der Waals surface area contributed by atoms with Crippen LogP contribution in [0.2, 0.25) is 0 Å². The van der Waals surface area contributed by atoms with E-state index in [1.165, 1.54) is 6.92 Å². The van der Waals surface area contributed by atoms with Crippen molar-refractivity contribution in [1.82, 2.24) is 5.32 Å². The van der Waals surface area contributed by atoms with Gasteiger partial charge < -0.3 is 5.32 Å². The fraction of sp³-hybridized carbons (Fsp3) is 0.417. The molecule has 0 spiro atoms. The minimum Gasteiger partial charge on any atom is -0.338 e. The van der Waals surface area contributed by atoms with Crippen LogP contribution in [-0.2, 0) is 9.05 Å². The highest BCUT2D eigenvalue weighted by Crippen LogP contribution is 2.49. The molecule has 0 aliphatic heterocycles. The summed E-state index contributed by atoms with van der Waals surface area (Å²) in [6.07, 6.45) is -4.82. The molecule has 1 amide bonds. The van der Waals surface area contributed by atoms with Crippen molar-refractivity contribution in [2.75, 3.05) is 0 Å². The second-order valence-electron chi connectivity index (χ2n) is 4.95. The van der Waals surface area contributed by atoms with E-state index in [4.69, 9.17) is 10.7 Å². The third-order valence-corrected chi connectivity index (χ3v) is 4.72. The third-order valence-electron chi connectivity index (χ3n) is 3.37. The molecule has 0 heterocycles. The van der Waals surface area contributed by atoms with Crippen LogP contribution < -0.4 is 5.32 Å². The molecular weight excluding hydrogens is 331 g/mol. The Kier molecular flexibility index (Phi) is 3.74. The van der Waals surface area contributed by atoms with E-state index in [0.29, 0.717) is 0 Å². The van der Waals surface area contributed by atoms with Crippen LogP contribution in [0.15, 0.2) is 23.1 Å². The van der Waals surface area contributed by atoms with Crippen molar-refractivity contribution in [3.63, 3.8) is 0 Å². The lowest BCUT2D eigenvalue weighted by Gasteiger charge is -2.21. The zero-order chi connectivity index (χ0) is 16.1. The van der Waals surface area contributed by atoms with Crippen LogP contribution in [0.3, 0.4) is 0 Å². The highest BCUT2D eigenvalue weighted by molar-refractivity contribution is 8.13. The van der Waals surface area contributed by atoms with Gasteiger partial charge in [-0.15, -0.1) is 0 Å². The first-order valence-corrected chi connectivity index (χ1v) is 8.22. The Hall–Kier alpha value is -1.28. The van der Waals surface area contributed by atoms with Crippen molar-refractivity contribution in [1.29, 1.82) is 0 Å². The molecule has 0 aromatic heterocycles. The summed E-state index contributed by atoms with van der Waals surface area (Å²) < 4.78 is 60.6. The van der Waals surface area contributed by atoms with Crippen LogP contribution in [0.1, 0.15) is 28.8 Å². The summed E-state index contributed by atoms with van der Waals surface area (Å²) in [6, 6.07) is 3.37. The van der Waals surface area contributed by atoms with Crippen LogP contribution in [0.5, 0.6) is 0 Å². The molecule has 1 aromatic rings. The van der Waals surface area contributed by atoms with Crippen molar-refractivity contribution in [3.8, 4) is 0 Å². The van der Waals surface area contributed by atoms with Gasteiger partial charge in [0.2, 0.25) is 0 Å². The van der Waals surface area contributed by atoms with Gasteiger partial charge in [-0.05, 0) is 43.5 Å². The zero-order valence-electron chi connectivity index (χ0n) is 10.8. The number of benzene rings is 1. The van der Waals surface area contributed by atoms with Crippen LogP contribution in [-0.4, -0.2) is 26.0 Å². The minimum atomic E-state index is -4.50. The molecule has 116 valence electrons. The van der Waals surface area contributed by atoms with Crippen molar-refractivity contribution >= 4 is 25.6 Å². The summed E-state index contributed by atoms with van der Waals surface area (Å²) in [5, 5.41) is 1.98. The molecule has 1 aliphatic rings. The Morgan fingerprint density at radius 3 is 2.29 bits per heavy atom. The van der Waals surface area contributed by atoms with Gasteiger partial charge in [-0.1, -0.05) is 0 Å². The highest BCUT2D eigenvalue weighted by Gasteiger charge is 2.64. The average molecular weight is 342 g/mol. The molecule has 0 bridgehead atoms. The normalized spacial score (nSPS) is 17.4. The highest BCUT2D eigenvalue weighted by atomic mass is 35.7. The number of nitrogens with one attached hydrogen (secondary N) is 1. The van der Waals surface area contributed by atoms with Gasteiger partial charge >= 0.3 is 6.18 Å². The Labute approximate surface area is 123 Å². The maximum absolute atomic E-state index is 12.8. The van der Waals surface area contributed by atoms with Gasteiger partial charge in [0.1, 0.15) is 5.54 Å². The number of alkyl halides is 3. The van der Waals surface area contributed by atoms with Gasteiger partial charge in [-0.25, -0.2) is 8.42 Å². The first-order valence-electron chi connectivity index (χ1n) is 5.91. The quantitative estimate of drug-likeness (QED) is 0.860. The smallest absolute Gasteiger partial charge is 0.338 e. The van der Waals surface area contributed by atoms with Gasteiger partial charge in [0, 0.05) is 16.2 Å². The molecule has 1 fully saturated rings. The van der Waals surface area contributed by atoms with Crippen molar-refractivity contribution in [2.24, 2.45) is 0 Å². The SMILES string of the molecule is Cc1cc(S(=O)(=O)Cl)ccc1C(=O)NC1(C(F)(F)F)CC1. The van der Waals surface area contributed by atoms with Gasteiger partial charge in [0.15, 0.2) is 0 Å². The molecule has 2 rings (SSSR count). The van der Waals surface area contributed by atoms with E-state index < -0.39 is 26.7 Å². The Balaban J connectivity index is 2.26. The van der Waals surface area contributed by atoms with Crippen LogP contribution in [0, 0.1) is 6.92 Å². The van der Waals surface area contributed by atoms with Gasteiger partial charge in [0.25, 0.3) is 15.0 Å². The van der Waals surface area contributed by atoms with Crippen LogP contribution >= 0.6 is 10.7 Å². The number of amides is 1. The maximum atomic E-state index is 12.8. The standard InChI is InChI=1S/C12H11ClF3NO3S/c1-7-6-8(21(13,19)20)2-3-9(7)10(18)17-11(4-5-11)12(14,15)16/h2-3,6H,4-5H2,1H3,(H,17,18). The van der Waals surface area contributed by atoms with Crippen molar-refractivity contribution in [3.05, 3.63) is 29.3 Å². The Bertz CT molecular complexity index is 696. The Morgan fingerprint density at radius 1 is 1.33 bits per heavy atom. The molecule has 0 saturated heterocycles. The number of hydrogen-bond donors (Lipinski definition) is 1. The fourth-order valence-electron chi connectivity index (χ4n) is 1.93. The lowest BCUT2D eigenvalue weighted by molar-refractivity contribution is -0.163. The van der Waals surface area contributed by atoms with Crippen molar-refractivity contribution in [2.45, 2.75) is 36.4 Å². The zero-order valence-corrected chi connectivity index (χ0v) is 12.4. The number of halogens is 4. The predicted molar refractivity (Wildman–Crippen MR) is 69.7 cm³/mol. The Morgan fingerprint density at radius 2 is 1.90 bits per heavy atom. The third kappa shape index (κ3) is 3.16. The number of rotatable bonds is 3. The van der Waals surface area contributed by atoms with E-state index in [1.807, 2.05) is 5.32 Å².